The van der Waals surface area contributed by atoms with E-state index in [4.69, 9.17) is 46.4 Å². The molecule has 0 aliphatic heterocycles. The SMILES string of the molecule is CC(Cc1ccc(C(=O)Nc2c(Cl)cccc2Cl)cc1)Cc1ccc(Cl)c(Cl)c1. The second kappa shape index (κ2) is 9.86. The second-order valence-electron chi connectivity index (χ2n) is 7.01. The fourth-order valence-corrected chi connectivity index (χ4v) is 3.95. The van der Waals surface area contributed by atoms with Crippen molar-refractivity contribution in [2.24, 2.45) is 5.92 Å². The normalized spacial score (nSPS) is 11.9. The highest BCUT2D eigenvalue weighted by molar-refractivity contribution is 6.42. The van der Waals surface area contributed by atoms with E-state index in [9.17, 15) is 4.79 Å². The van der Waals surface area contributed by atoms with E-state index in [0.29, 0.717) is 37.3 Å². The van der Waals surface area contributed by atoms with Crippen LogP contribution in [0.25, 0.3) is 0 Å². The van der Waals surface area contributed by atoms with Gasteiger partial charge < -0.3 is 5.32 Å². The van der Waals surface area contributed by atoms with Gasteiger partial charge >= 0.3 is 0 Å². The lowest BCUT2D eigenvalue weighted by atomic mass is 9.94. The van der Waals surface area contributed by atoms with Gasteiger partial charge in [0, 0.05) is 5.56 Å². The average Bonchev–Trinajstić information content (AvgIpc) is 2.68. The Bertz CT molecular complexity index is 998. The van der Waals surface area contributed by atoms with Crippen LogP contribution < -0.4 is 5.32 Å². The van der Waals surface area contributed by atoms with E-state index >= 15 is 0 Å². The van der Waals surface area contributed by atoms with Gasteiger partial charge in [0.2, 0.25) is 0 Å². The number of hydrogen-bond acceptors (Lipinski definition) is 1. The van der Waals surface area contributed by atoms with Crippen molar-refractivity contribution < 1.29 is 4.79 Å². The molecule has 1 unspecified atom stereocenters. The molecule has 0 aliphatic carbocycles. The van der Waals surface area contributed by atoms with Crippen molar-refractivity contribution in [2.75, 3.05) is 5.32 Å². The van der Waals surface area contributed by atoms with Crippen LogP contribution in [0.4, 0.5) is 5.69 Å². The van der Waals surface area contributed by atoms with Crippen LogP contribution in [0.3, 0.4) is 0 Å². The molecule has 0 heterocycles. The number of hydrogen-bond donors (Lipinski definition) is 1. The first-order valence-electron chi connectivity index (χ1n) is 9.11. The number of anilines is 1. The van der Waals surface area contributed by atoms with Crippen molar-refractivity contribution in [1.82, 2.24) is 0 Å². The van der Waals surface area contributed by atoms with Gasteiger partial charge in [-0.25, -0.2) is 0 Å². The predicted molar refractivity (Wildman–Crippen MR) is 124 cm³/mol. The molecule has 0 saturated carbocycles. The van der Waals surface area contributed by atoms with Crippen LogP contribution in [0.5, 0.6) is 0 Å². The van der Waals surface area contributed by atoms with Gasteiger partial charge in [0.25, 0.3) is 5.91 Å². The molecule has 0 fully saturated rings. The lowest BCUT2D eigenvalue weighted by Gasteiger charge is -2.13. The summed E-state index contributed by atoms with van der Waals surface area (Å²) in [7, 11) is 0. The Balaban J connectivity index is 1.62. The Kier molecular flexibility index (Phi) is 7.48. The maximum atomic E-state index is 12.5. The summed E-state index contributed by atoms with van der Waals surface area (Å²) in [5.41, 5.74) is 3.27. The van der Waals surface area contributed by atoms with Gasteiger partial charge in [0.1, 0.15) is 0 Å². The summed E-state index contributed by atoms with van der Waals surface area (Å²) in [4.78, 5) is 12.5. The Hall–Kier alpha value is -1.71. The molecule has 0 radical (unpaired) electrons. The summed E-state index contributed by atoms with van der Waals surface area (Å²) < 4.78 is 0. The van der Waals surface area contributed by atoms with Crippen LogP contribution in [0.2, 0.25) is 20.1 Å². The molecule has 3 aromatic rings. The standard InChI is InChI=1S/C23H19Cl4NO/c1-14(12-16-7-10-18(24)21(27)13-16)11-15-5-8-17(9-6-15)23(29)28-22-19(25)3-2-4-20(22)26/h2-10,13-14H,11-12H2,1H3,(H,28,29). The molecule has 6 heteroatoms. The van der Waals surface area contributed by atoms with Gasteiger partial charge in [-0.15, -0.1) is 0 Å². The quantitative estimate of drug-likeness (QED) is 0.392. The first kappa shape index (κ1) is 22.0. The number of rotatable bonds is 6. The number of amides is 1. The third-order valence-electron chi connectivity index (χ3n) is 4.57. The van der Waals surface area contributed by atoms with Gasteiger partial charge in [-0.3, -0.25) is 4.79 Å². The number of nitrogens with one attached hydrogen (secondary N) is 1. The number of para-hydroxylation sites is 1. The van der Waals surface area contributed by atoms with E-state index < -0.39 is 0 Å². The van der Waals surface area contributed by atoms with Crippen molar-refractivity contribution in [1.29, 1.82) is 0 Å². The Morgan fingerprint density at radius 3 is 2.00 bits per heavy atom. The van der Waals surface area contributed by atoms with Gasteiger partial charge in [-0.05, 0) is 66.3 Å². The first-order valence-corrected chi connectivity index (χ1v) is 10.6. The van der Waals surface area contributed by atoms with Crippen molar-refractivity contribution in [3.63, 3.8) is 0 Å². The zero-order valence-corrected chi connectivity index (χ0v) is 18.7. The van der Waals surface area contributed by atoms with Crippen molar-refractivity contribution in [3.05, 3.63) is 97.4 Å². The molecule has 29 heavy (non-hydrogen) atoms. The highest BCUT2D eigenvalue weighted by Crippen LogP contribution is 2.30. The summed E-state index contributed by atoms with van der Waals surface area (Å²) in [6, 6.07) is 18.4. The molecule has 3 rings (SSSR count). The predicted octanol–water partition coefficient (Wildman–Crippen LogP) is 7.97. The van der Waals surface area contributed by atoms with E-state index in [2.05, 4.69) is 12.2 Å². The van der Waals surface area contributed by atoms with Crippen molar-refractivity contribution >= 4 is 58.0 Å². The van der Waals surface area contributed by atoms with Crippen LogP contribution in [0.15, 0.2) is 60.7 Å². The lowest BCUT2D eigenvalue weighted by Crippen LogP contribution is -2.13. The zero-order chi connectivity index (χ0) is 21.0. The van der Waals surface area contributed by atoms with E-state index in [0.717, 1.165) is 24.0 Å². The van der Waals surface area contributed by atoms with E-state index in [-0.39, 0.29) is 5.91 Å². The van der Waals surface area contributed by atoms with E-state index in [1.807, 2.05) is 30.3 Å². The molecule has 0 bridgehead atoms. The van der Waals surface area contributed by atoms with Crippen molar-refractivity contribution in [2.45, 2.75) is 19.8 Å². The second-order valence-corrected chi connectivity index (χ2v) is 8.64. The minimum absolute atomic E-state index is 0.254. The molecular weight excluding hydrogens is 448 g/mol. The summed E-state index contributed by atoms with van der Waals surface area (Å²) >= 11 is 24.3. The van der Waals surface area contributed by atoms with Gasteiger partial charge in [-0.1, -0.05) is 77.6 Å². The molecule has 1 atom stereocenters. The Morgan fingerprint density at radius 1 is 0.793 bits per heavy atom. The molecule has 2 nitrogen and oxygen atoms in total. The third-order valence-corrected chi connectivity index (χ3v) is 5.94. The number of carbonyl (C=O) groups is 1. The molecule has 0 aliphatic rings. The summed E-state index contributed by atoms with van der Waals surface area (Å²) in [5.74, 6) is 0.157. The third kappa shape index (κ3) is 5.90. The topological polar surface area (TPSA) is 29.1 Å². The first-order chi connectivity index (χ1) is 13.8. The maximum absolute atomic E-state index is 12.5. The van der Waals surface area contributed by atoms with Crippen LogP contribution in [0.1, 0.15) is 28.4 Å². The largest absolute Gasteiger partial charge is 0.319 e. The molecule has 0 aromatic heterocycles. The smallest absolute Gasteiger partial charge is 0.255 e. The number of carbonyl (C=O) groups excluding carboxylic acids is 1. The highest BCUT2D eigenvalue weighted by atomic mass is 35.5. The minimum Gasteiger partial charge on any atom is -0.319 e. The fraction of sp³-hybridized carbons (Fsp3) is 0.174. The molecule has 150 valence electrons. The van der Waals surface area contributed by atoms with Gasteiger partial charge in [0.15, 0.2) is 0 Å². The lowest BCUT2D eigenvalue weighted by molar-refractivity contribution is 0.102. The van der Waals surface area contributed by atoms with Crippen LogP contribution in [0, 0.1) is 5.92 Å². The Labute approximate surface area is 190 Å². The Morgan fingerprint density at radius 2 is 1.38 bits per heavy atom. The average molecular weight is 467 g/mol. The molecule has 1 amide bonds. The summed E-state index contributed by atoms with van der Waals surface area (Å²) in [6.45, 7) is 2.18. The number of benzene rings is 3. The van der Waals surface area contributed by atoms with E-state index in [1.54, 1.807) is 30.3 Å². The number of halogens is 4. The van der Waals surface area contributed by atoms with Gasteiger partial charge in [0.05, 0.1) is 25.8 Å². The summed E-state index contributed by atoms with van der Waals surface area (Å²) in [6.07, 6.45) is 1.78. The molecule has 1 N–H and O–H groups in total. The molecular formula is C23H19Cl4NO. The van der Waals surface area contributed by atoms with E-state index in [1.165, 1.54) is 0 Å². The van der Waals surface area contributed by atoms with Crippen molar-refractivity contribution in [3.8, 4) is 0 Å². The monoisotopic (exact) mass is 465 g/mol. The molecule has 0 saturated heterocycles. The van der Waals surface area contributed by atoms with Gasteiger partial charge in [-0.2, -0.15) is 0 Å². The fourth-order valence-electron chi connectivity index (χ4n) is 3.14. The van der Waals surface area contributed by atoms with Crippen LogP contribution >= 0.6 is 46.4 Å². The maximum Gasteiger partial charge on any atom is 0.255 e. The minimum atomic E-state index is -0.254. The molecule has 3 aromatic carbocycles. The van der Waals surface area contributed by atoms with Crippen LogP contribution in [-0.4, -0.2) is 5.91 Å². The highest BCUT2D eigenvalue weighted by Gasteiger charge is 2.12. The zero-order valence-electron chi connectivity index (χ0n) is 15.7. The van der Waals surface area contributed by atoms with Crippen LogP contribution in [-0.2, 0) is 12.8 Å². The molecule has 0 spiro atoms. The summed E-state index contributed by atoms with van der Waals surface area (Å²) in [5, 5.41) is 4.71.